The molecule has 1 amide bonds. The lowest BCUT2D eigenvalue weighted by Crippen LogP contribution is -2.33. The Kier molecular flexibility index (Phi) is 8.87. The summed E-state index contributed by atoms with van der Waals surface area (Å²) in [5.74, 6) is -0.739. The van der Waals surface area contributed by atoms with Crippen LogP contribution in [-0.4, -0.2) is 45.1 Å². The third-order valence-electron chi connectivity index (χ3n) is 7.95. The van der Waals surface area contributed by atoms with Gasteiger partial charge in [0.15, 0.2) is 5.11 Å². The van der Waals surface area contributed by atoms with Crippen LogP contribution in [0.1, 0.15) is 55.0 Å². The molecule has 2 N–H and O–H groups in total. The predicted molar refractivity (Wildman–Crippen MR) is 171 cm³/mol. The summed E-state index contributed by atoms with van der Waals surface area (Å²) in [6.07, 6.45) is 1.93. The molecule has 0 saturated carbocycles. The first kappa shape index (κ1) is 29.3. The molecule has 0 bridgehead atoms. The van der Waals surface area contributed by atoms with Crippen LogP contribution in [0.2, 0.25) is 0 Å². The standard InChI is InChI=1S/C33H37FN6OS/c1-5-38(6-2)24-14-16-25(17-15-24)40-22(3)21-26(23(40)4)32-31(29-13-9-10-19-35-29)37-33(42)39(32)20-18-30(41)36-28-12-8-7-11-27(28)34/h7-17,19,21,31-32H,5-6,18,20H2,1-4H3,(H,36,41)(H,37,42)/t31-,32-/m1/s1. The SMILES string of the molecule is CCN(CC)c1ccc(-n2c(C)cc([C@@H]3[C@@H](c4ccccn4)NC(=S)N3CCC(=O)Nc3ccccc3F)c2C)cc1. The summed E-state index contributed by atoms with van der Waals surface area (Å²) in [4.78, 5) is 21.9. The van der Waals surface area contributed by atoms with Gasteiger partial charge < -0.3 is 25.0 Å². The fourth-order valence-electron chi connectivity index (χ4n) is 5.87. The van der Waals surface area contributed by atoms with Crippen LogP contribution in [0, 0.1) is 19.7 Å². The number of amides is 1. The number of benzene rings is 2. The summed E-state index contributed by atoms with van der Waals surface area (Å²) >= 11 is 5.82. The summed E-state index contributed by atoms with van der Waals surface area (Å²) in [6.45, 7) is 10.8. The molecule has 7 nitrogen and oxygen atoms in total. The van der Waals surface area contributed by atoms with Crippen LogP contribution in [0.15, 0.2) is 79.0 Å². The Labute approximate surface area is 252 Å². The molecule has 4 aromatic rings. The maximum absolute atomic E-state index is 14.1. The van der Waals surface area contributed by atoms with Gasteiger partial charge in [-0.15, -0.1) is 0 Å². The van der Waals surface area contributed by atoms with Crippen molar-refractivity contribution in [1.29, 1.82) is 0 Å². The number of aromatic nitrogens is 2. The molecule has 42 heavy (non-hydrogen) atoms. The normalized spacial score (nSPS) is 16.4. The van der Waals surface area contributed by atoms with Gasteiger partial charge in [0, 0.05) is 55.0 Å². The van der Waals surface area contributed by atoms with E-state index in [-0.39, 0.29) is 30.1 Å². The molecule has 0 aliphatic carbocycles. The Balaban J connectivity index is 1.46. The van der Waals surface area contributed by atoms with Crippen LogP contribution in [0.5, 0.6) is 0 Å². The molecule has 0 spiro atoms. The molecule has 2 atom stereocenters. The van der Waals surface area contributed by atoms with Crippen molar-refractivity contribution in [2.75, 3.05) is 29.9 Å². The molecule has 1 fully saturated rings. The van der Waals surface area contributed by atoms with Gasteiger partial charge in [-0.05, 0) is 100 Å². The van der Waals surface area contributed by atoms with Crippen molar-refractivity contribution in [3.63, 3.8) is 0 Å². The minimum Gasteiger partial charge on any atom is -0.372 e. The molecule has 5 rings (SSSR count). The summed E-state index contributed by atoms with van der Waals surface area (Å²) in [5.41, 5.74) is 6.64. The van der Waals surface area contributed by atoms with Gasteiger partial charge >= 0.3 is 0 Å². The van der Waals surface area contributed by atoms with Crippen LogP contribution in [0.25, 0.3) is 5.69 Å². The molecule has 0 unspecified atom stereocenters. The highest BCUT2D eigenvalue weighted by molar-refractivity contribution is 7.80. The number of para-hydroxylation sites is 1. The van der Waals surface area contributed by atoms with E-state index in [1.807, 2.05) is 18.2 Å². The number of aryl methyl sites for hydroxylation is 1. The van der Waals surface area contributed by atoms with Crippen LogP contribution in [0.3, 0.4) is 0 Å². The van der Waals surface area contributed by atoms with Crippen LogP contribution in [-0.2, 0) is 4.79 Å². The smallest absolute Gasteiger partial charge is 0.226 e. The lowest BCUT2D eigenvalue weighted by atomic mass is 9.96. The minimum absolute atomic E-state index is 0.146. The summed E-state index contributed by atoms with van der Waals surface area (Å²) in [7, 11) is 0. The zero-order chi connectivity index (χ0) is 29.8. The predicted octanol–water partition coefficient (Wildman–Crippen LogP) is 6.48. The molecule has 218 valence electrons. The highest BCUT2D eigenvalue weighted by Gasteiger charge is 2.41. The van der Waals surface area contributed by atoms with E-state index in [0.717, 1.165) is 41.4 Å². The average molecular weight is 585 g/mol. The highest BCUT2D eigenvalue weighted by Crippen LogP contribution is 2.41. The van der Waals surface area contributed by atoms with Gasteiger partial charge in [-0.2, -0.15) is 0 Å². The molecule has 9 heteroatoms. The molecule has 1 aliphatic rings. The van der Waals surface area contributed by atoms with Crippen LogP contribution < -0.4 is 15.5 Å². The third-order valence-corrected chi connectivity index (χ3v) is 8.30. The Bertz CT molecular complexity index is 1550. The Morgan fingerprint density at radius 3 is 2.43 bits per heavy atom. The van der Waals surface area contributed by atoms with Crippen molar-refractivity contribution in [2.45, 2.75) is 46.2 Å². The number of carbonyl (C=O) groups excluding carboxylic acids is 1. The monoisotopic (exact) mass is 584 g/mol. The first-order chi connectivity index (χ1) is 20.3. The first-order valence-electron chi connectivity index (χ1n) is 14.4. The van der Waals surface area contributed by atoms with Gasteiger partial charge in [0.1, 0.15) is 5.82 Å². The van der Waals surface area contributed by atoms with Gasteiger partial charge in [0.25, 0.3) is 0 Å². The van der Waals surface area contributed by atoms with Gasteiger partial charge in [0.05, 0.1) is 23.5 Å². The van der Waals surface area contributed by atoms with Crippen molar-refractivity contribution >= 4 is 34.6 Å². The van der Waals surface area contributed by atoms with Crippen molar-refractivity contribution < 1.29 is 9.18 Å². The number of thiocarbonyl (C=S) groups is 1. The summed E-state index contributed by atoms with van der Waals surface area (Å²) < 4.78 is 16.4. The number of carbonyl (C=O) groups is 1. The number of nitrogens with zero attached hydrogens (tertiary/aromatic N) is 4. The van der Waals surface area contributed by atoms with E-state index < -0.39 is 5.82 Å². The maximum atomic E-state index is 14.1. The molecule has 2 aromatic heterocycles. The van der Waals surface area contributed by atoms with E-state index in [4.69, 9.17) is 12.2 Å². The quantitative estimate of drug-likeness (QED) is 0.208. The van der Waals surface area contributed by atoms with E-state index in [2.05, 4.69) is 88.0 Å². The van der Waals surface area contributed by atoms with Gasteiger partial charge in [-0.1, -0.05) is 18.2 Å². The van der Waals surface area contributed by atoms with E-state index in [1.165, 1.54) is 11.8 Å². The van der Waals surface area contributed by atoms with E-state index in [9.17, 15) is 9.18 Å². The number of hydrogen-bond donors (Lipinski definition) is 2. The second-order valence-electron chi connectivity index (χ2n) is 10.4. The third kappa shape index (κ3) is 5.87. The number of pyridine rings is 1. The topological polar surface area (TPSA) is 65.4 Å². The largest absolute Gasteiger partial charge is 0.372 e. The van der Waals surface area contributed by atoms with E-state index >= 15 is 0 Å². The Morgan fingerprint density at radius 1 is 1.05 bits per heavy atom. The number of rotatable bonds is 10. The number of hydrogen-bond acceptors (Lipinski definition) is 4. The van der Waals surface area contributed by atoms with E-state index in [1.54, 1.807) is 24.4 Å². The van der Waals surface area contributed by atoms with E-state index in [0.29, 0.717) is 11.7 Å². The average Bonchev–Trinajstić information content (AvgIpc) is 3.48. The van der Waals surface area contributed by atoms with Gasteiger partial charge in [-0.25, -0.2) is 4.39 Å². The van der Waals surface area contributed by atoms with Crippen molar-refractivity contribution in [3.05, 3.63) is 107 Å². The Morgan fingerprint density at radius 2 is 1.76 bits per heavy atom. The highest BCUT2D eigenvalue weighted by atomic mass is 32.1. The molecule has 0 radical (unpaired) electrons. The summed E-state index contributed by atoms with van der Waals surface area (Å²) in [5, 5.41) is 6.72. The second-order valence-corrected chi connectivity index (χ2v) is 10.8. The number of nitrogens with one attached hydrogen (secondary N) is 2. The molecule has 3 heterocycles. The molecular formula is C33H37FN6OS. The fraction of sp³-hybridized carbons (Fsp3) is 0.303. The molecular weight excluding hydrogens is 547 g/mol. The molecule has 2 aromatic carbocycles. The molecule has 1 saturated heterocycles. The number of anilines is 2. The Hall–Kier alpha value is -4.24. The lowest BCUT2D eigenvalue weighted by Gasteiger charge is -2.28. The zero-order valence-electron chi connectivity index (χ0n) is 24.5. The van der Waals surface area contributed by atoms with Crippen LogP contribution >= 0.6 is 12.2 Å². The van der Waals surface area contributed by atoms with Gasteiger partial charge in [0.2, 0.25) is 5.91 Å². The summed E-state index contributed by atoms with van der Waals surface area (Å²) in [6, 6.07) is 22.5. The number of halogens is 1. The lowest BCUT2D eigenvalue weighted by molar-refractivity contribution is -0.116. The first-order valence-corrected chi connectivity index (χ1v) is 14.8. The maximum Gasteiger partial charge on any atom is 0.226 e. The zero-order valence-corrected chi connectivity index (χ0v) is 25.3. The fourth-order valence-corrected chi connectivity index (χ4v) is 6.20. The van der Waals surface area contributed by atoms with Crippen molar-refractivity contribution in [3.8, 4) is 5.69 Å². The second kappa shape index (κ2) is 12.7. The van der Waals surface area contributed by atoms with Crippen molar-refractivity contribution in [1.82, 2.24) is 19.8 Å². The molecule has 1 aliphatic heterocycles. The van der Waals surface area contributed by atoms with Crippen LogP contribution in [0.4, 0.5) is 15.8 Å². The van der Waals surface area contributed by atoms with Gasteiger partial charge in [-0.3, -0.25) is 9.78 Å². The van der Waals surface area contributed by atoms with Crippen molar-refractivity contribution in [2.24, 2.45) is 0 Å². The minimum atomic E-state index is -0.463.